The number of carbonyl (C=O) groups is 2. The van der Waals surface area contributed by atoms with Crippen molar-refractivity contribution in [2.75, 3.05) is 18.5 Å². The lowest BCUT2D eigenvalue weighted by Gasteiger charge is -2.06. The summed E-state index contributed by atoms with van der Waals surface area (Å²) in [6.07, 6.45) is 1.43. The first-order chi connectivity index (χ1) is 13.0. The van der Waals surface area contributed by atoms with Crippen molar-refractivity contribution in [3.8, 4) is 5.88 Å². The van der Waals surface area contributed by atoms with Gasteiger partial charge in [0.1, 0.15) is 11.2 Å². The van der Waals surface area contributed by atoms with E-state index in [-0.39, 0.29) is 5.91 Å². The van der Waals surface area contributed by atoms with Gasteiger partial charge in [0.25, 0.3) is 5.91 Å². The number of carbonyl (C=O) groups excluding carboxylic acids is 2. The second-order valence-electron chi connectivity index (χ2n) is 5.60. The largest absolute Gasteiger partial charge is 0.477 e. The summed E-state index contributed by atoms with van der Waals surface area (Å²) in [5, 5.41) is 3.60. The molecule has 0 aliphatic heterocycles. The van der Waals surface area contributed by atoms with Gasteiger partial charge in [-0.1, -0.05) is 0 Å². The summed E-state index contributed by atoms with van der Waals surface area (Å²) in [5.74, 6) is -0.159. The van der Waals surface area contributed by atoms with E-state index in [0.29, 0.717) is 40.1 Å². The third-order valence-corrected chi connectivity index (χ3v) is 5.03. The molecular formula is C19H19N3O4S. The van der Waals surface area contributed by atoms with Gasteiger partial charge in [-0.25, -0.2) is 14.8 Å². The third-order valence-electron chi connectivity index (χ3n) is 3.83. The van der Waals surface area contributed by atoms with E-state index in [0.717, 1.165) is 10.9 Å². The van der Waals surface area contributed by atoms with E-state index in [1.165, 1.54) is 17.7 Å². The maximum atomic E-state index is 12.7. The molecule has 27 heavy (non-hydrogen) atoms. The zero-order chi connectivity index (χ0) is 19.4. The van der Waals surface area contributed by atoms with Crippen molar-refractivity contribution in [1.29, 1.82) is 0 Å². The Labute approximate surface area is 160 Å². The zero-order valence-corrected chi connectivity index (χ0v) is 16.1. The van der Waals surface area contributed by atoms with Crippen molar-refractivity contribution < 1.29 is 19.1 Å². The van der Waals surface area contributed by atoms with E-state index in [9.17, 15) is 9.59 Å². The molecular weight excluding hydrogens is 366 g/mol. The Bertz CT molecular complexity index is 983. The van der Waals surface area contributed by atoms with Gasteiger partial charge in [0, 0.05) is 5.69 Å². The number of fused-ring (bicyclic) bond motifs is 1. The van der Waals surface area contributed by atoms with Gasteiger partial charge in [0.15, 0.2) is 0 Å². The maximum Gasteiger partial charge on any atom is 0.338 e. The second kappa shape index (κ2) is 8.13. The summed E-state index contributed by atoms with van der Waals surface area (Å²) in [6, 6.07) is 6.56. The highest BCUT2D eigenvalue weighted by molar-refractivity contribution is 7.20. The fraction of sp³-hybridized carbons (Fsp3) is 0.263. The van der Waals surface area contributed by atoms with Gasteiger partial charge in [-0.05, 0) is 50.6 Å². The Balaban J connectivity index is 1.83. The van der Waals surface area contributed by atoms with Gasteiger partial charge < -0.3 is 14.8 Å². The molecule has 0 radical (unpaired) electrons. The van der Waals surface area contributed by atoms with Gasteiger partial charge in [-0.2, -0.15) is 0 Å². The van der Waals surface area contributed by atoms with Crippen LogP contribution in [0.3, 0.4) is 0 Å². The SMILES string of the molecule is CCOC(=O)c1ccc(NC(=O)c2sc3ncnc(OCC)c3c2C)cc1. The second-order valence-corrected chi connectivity index (χ2v) is 6.60. The number of aryl methyl sites for hydroxylation is 1. The normalized spacial score (nSPS) is 10.6. The Morgan fingerprint density at radius 3 is 2.52 bits per heavy atom. The van der Waals surface area contributed by atoms with Crippen LogP contribution in [0.25, 0.3) is 10.2 Å². The average Bonchev–Trinajstić information content (AvgIpc) is 3.01. The first-order valence-electron chi connectivity index (χ1n) is 8.50. The molecule has 0 saturated carbocycles. The zero-order valence-electron chi connectivity index (χ0n) is 15.2. The van der Waals surface area contributed by atoms with E-state index in [2.05, 4.69) is 15.3 Å². The predicted octanol–water partition coefficient (Wildman–Crippen LogP) is 3.83. The van der Waals surface area contributed by atoms with Crippen LogP contribution in [0.15, 0.2) is 30.6 Å². The number of ether oxygens (including phenoxy) is 2. The lowest BCUT2D eigenvalue weighted by atomic mass is 10.2. The first-order valence-corrected chi connectivity index (χ1v) is 9.32. The van der Waals surface area contributed by atoms with Crippen molar-refractivity contribution in [2.24, 2.45) is 0 Å². The van der Waals surface area contributed by atoms with Crippen LogP contribution in [0.1, 0.15) is 39.4 Å². The Hall–Kier alpha value is -3.00. The van der Waals surface area contributed by atoms with Crippen LogP contribution in [-0.2, 0) is 4.74 Å². The van der Waals surface area contributed by atoms with Gasteiger partial charge in [0.05, 0.1) is 29.0 Å². The monoisotopic (exact) mass is 385 g/mol. The summed E-state index contributed by atoms with van der Waals surface area (Å²) in [5.41, 5.74) is 1.80. The van der Waals surface area contributed by atoms with E-state index in [4.69, 9.17) is 9.47 Å². The highest BCUT2D eigenvalue weighted by Gasteiger charge is 2.20. The fourth-order valence-electron chi connectivity index (χ4n) is 2.59. The van der Waals surface area contributed by atoms with E-state index < -0.39 is 5.97 Å². The van der Waals surface area contributed by atoms with Crippen molar-refractivity contribution >= 4 is 39.1 Å². The molecule has 140 valence electrons. The van der Waals surface area contributed by atoms with Crippen molar-refractivity contribution in [3.63, 3.8) is 0 Å². The number of benzene rings is 1. The highest BCUT2D eigenvalue weighted by atomic mass is 32.1. The van der Waals surface area contributed by atoms with Gasteiger partial charge in [-0.3, -0.25) is 4.79 Å². The molecule has 0 spiro atoms. The predicted molar refractivity (Wildman–Crippen MR) is 104 cm³/mol. The summed E-state index contributed by atoms with van der Waals surface area (Å²) < 4.78 is 10.5. The number of nitrogens with one attached hydrogen (secondary N) is 1. The molecule has 0 atom stereocenters. The van der Waals surface area contributed by atoms with Crippen molar-refractivity contribution in [3.05, 3.63) is 46.6 Å². The molecule has 3 aromatic rings. The van der Waals surface area contributed by atoms with E-state index >= 15 is 0 Å². The van der Waals surface area contributed by atoms with Gasteiger partial charge in [0.2, 0.25) is 5.88 Å². The van der Waals surface area contributed by atoms with Crippen LogP contribution in [0.4, 0.5) is 5.69 Å². The molecule has 2 heterocycles. The average molecular weight is 385 g/mol. The molecule has 8 heteroatoms. The molecule has 0 aliphatic carbocycles. The molecule has 0 fully saturated rings. The molecule has 3 rings (SSSR count). The minimum atomic E-state index is -0.391. The minimum Gasteiger partial charge on any atom is -0.477 e. The van der Waals surface area contributed by atoms with Crippen LogP contribution in [0, 0.1) is 6.92 Å². The van der Waals surface area contributed by atoms with Crippen LogP contribution in [0.5, 0.6) is 5.88 Å². The molecule has 1 N–H and O–H groups in total. The number of hydrogen-bond acceptors (Lipinski definition) is 7. The quantitative estimate of drug-likeness (QED) is 0.649. The number of anilines is 1. The Morgan fingerprint density at radius 2 is 1.85 bits per heavy atom. The van der Waals surface area contributed by atoms with Gasteiger partial charge >= 0.3 is 5.97 Å². The molecule has 0 aliphatic rings. The Kier molecular flexibility index (Phi) is 5.66. The first kappa shape index (κ1) is 18.8. The number of amides is 1. The fourth-order valence-corrected chi connectivity index (χ4v) is 3.63. The van der Waals surface area contributed by atoms with Crippen LogP contribution in [-0.4, -0.2) is 35.1 Å². The Morgan fingerprint density at radius 1 is 1.11 bits per heavy atom. The van der Waals surface area contributed by atoms with Crippen LogP contribution < -0.4 is 10.1 Å². The van der Waals surface area contributed by atoms with E-state index in [1.807, 2.05) is 13.8 Å². The van der Waals surface area contributed by atoms with Crippen molar-refractivity contribution in [2.45, 2.75) is 20.8 Å². The summed E-state index contributed by atoms with van der Waals surface area (Å²) in [7, 11) is 0. The number of hydrogen-bond donors (Lipinski definition) is 1. The topological polar surface area (TPSA) is 90.4 Å². The summed E-state index contributed by atoms with van der Waals surface area (Å²) in [4.78, 5) is 34.0. The number of thiophene rings is 1. The number of nitrogens with zero attached hydrogens (tertiary/aromatic N) is 2. The highest BCUT2D eigenvalue weighted by Crippen LogP contribution is 2.34. The van der Waals surface area contributed by atoms with Crippen LogP contribution in [0.2, 0.25) is 0 Å². The van der Waals surface area contributed by atoms with Crippen molar-refractivity contribution in [1.82, 2.24) is 9.97 Å². The molecule has 2 aromatic heterocycles. The van der Waals surface area contributed by atoms with Crippen LogP contribution >= 0.6 is 11.3 Å². The number of aromatic nitrogens is 2. The lowest BCUT2D eigenvalue weighted by molar-refractivity contribution is 0.0526. The maximum absolute atomic E-state index is 12.7. The minimum absolute atomic E-state index is 0.248. The molecule has 0 saturated heterocycles. The standard InChI is InChI=1S/C19H19N3O4S/c1-4-25-17-14-11(3)15(27-18(14)21-10-20-17)16(23)22-13-8-6-12(7-9-13)19(24)26-5-2/h6-10H,4-5H2,1-3H3,(H,22,23). The molecule has 1 aromatic carbocycles. The number of esters is 1. The summed E-state index contributed by atoms with van der Waals surface area (Å²) in [6.45, 7) is 6.28. The number of rotatable bonds is 6. The molecule has 0 bridgehead atoms. The molecule has 0 unspecified atom stereocenters. The van der Waals surface area contributed by atoms with E-state index in [1.54, 1.807) is 31.2 Å². The smallest absolute Gasteiger partial charge is 0.338 e. The van der Waals surface area contributed by atoms with Gasteiger partial charge in [-0.15, -0.1) is 11.3 Å². The third kappa shape index (κ3) is 3.90. The summed E-state index contributed by atoms with van der Waals surface area (Å²) >= 11 is 1.29. The molecule has 1 amide bonds. The molecule has 7 nitrogen and oxygen atoms in total. The lowest BCUT2D eigenvalue weighted by Crippen LogP contribution is -2.12.